The normalized spacial score (nSPS) is 14.2. The lowest BCUT2D eigenvalue weighted by molar-refractivity contribution is -0.131. The molecular formula is C31H32ClN5O3S. The van der Waals surface area contributed by atoms with Crippen molar-refractivity contribution in [2.45, 2.75) is 24.8 Å². The number of benzene rings is 3. The molecule has 5 rings (SSSR count). The Morgan fingerprint density at radius 1 is 0.854 bits per heavy atom. The molecule has 212 valence electrons. The number of anilines is 1. The Bertz CT molecular complexity index is 1580. The maximum absolute atomic E-state index is 13.6. The van der Waals surface area contributed by atoms with Gasteiger partial charge in [-0.2, -0.15) is 4.31 Å². The first-order chi connectivity index (χ1) is 19.8. The van der Waals surface area contributed by atoms with E-state index in [9.17, 15) is 13.2 Å². The van der Waals surface area contributed by atoms with E-state index in [2.05, 4.69) is 15.1 Å². The Kier molecular flexibility index (Phi) is 8.97. The maximum Gasteiger partial charge on any atom is 0.243 e. The van der Waals surface area contributed by atoms with Crippen LogP contribution in [0.25, 0.3) is 11.3 Å². The lowest BCUT2D eigenvalue weighted by Gasteiger charge is -2.27. The molecule has 0 spiro atoms. The second-order valence-corrected chi connectivity index (χ2v) is 12.4. The number of hydrogen-bond acceptors (Lipinski definition) is 6. The zero-order valence-corrected chi connectivity index (χ0v) is 24.4. The van der Waals surface area contributed by atoms with Gasteiger partial charge in [0.1, 0.15) is 0 Å². The zero-order chi connectivity index (χ0) is 28.8. The number of aromatic nitrogens is 2. The molecule has 41 heavy (non-hydrogen) atoms. The van der Waals surface area contributed by atoms with Gasteiger partial charge >= 0.3 is 0 Å². The largest absolute Gasteiger partial charge is 0.353 e. The number of sulfonamides is 1. The van der Waals surface area contributed by atoms with Gasteiger partial charge in [-0.05, 0) is 49.2 Å². The molecule has 1 aromatic heterocycles. The minimum atomic E-state index is -3.90. The quantitative estimate of drug-likeness (QED) is 0.286. The van der Waals surface area contributed by atoms with E-state index in [0.717, 1.165) is 28.9 Å². The van der Waals surface area contributed by atoms with Crippen LogP contribution in [0.4, 0.5) is 5.82 Å². The summed E-state index contributed by atoms with van der Waals surface area (Å²) in [5, 5.41) is 9.42. The number of carbonyl (C=O) groups is 1. The van der Waals surface area contributed by atoms with Gasteiger partial charge < -0.3 is 9.80 Å². The summed E-state index contributed by atoms with van der Waals surface area (Å²) in [5.41, 5.74) is 3.30. The second-order valence-electron chi connectivity index (χ2n) is 10.0. The number of hydrogen-bond donors (Lipinski definition) is 0. The highest BCUT2D eigenvalue weighted by Gasteiger charge is 2.29. The van der Waals surface area contributed by atoms with Crippen molar-refractivity contribution >= 4 is 33.3 Å². The first kappa shape index (κ1) is 28.7. The van der Waals surface area contributed by atoms with Crippen LogP contribution in [-0.2, 0) is 21.4 Å². The summed E-state index contributed by atoms with van der Waals surface area (Å²) < 4.78 is 28.6. The van der Waals surface area contributed by atoms with Crippen LogP contribution < -0.4 is 4.90 Å². The molecule has 0 atom stereocenters. The smallest absolute Gasteiger partial charge is 0.243 e. The van der Waals surface area contributed by atoms with E-state index in [0.29, 0.717) is 36.9 Å². The van der Waals surface area contributed by atoms with E-state index < -0.39 is 10.0 Å². The van der Waals surface area contributed by atoms with Gasteiger partial charge in [-0.3, -0.25) is 4.79 Å². The molecule has 0 aliphatic carbocycles. The third-order valence-electron chi connectivity index (χ3n) is 7.15. The average Bonchev–Trinajstić information content (AvgIpc) is 3.25. The Morgan fingerprint density at radius 3 is 2.29 bits per heavy atom. The molecule has 2 heterocycles. The van der Waals surface area contributed by atoms with Crippen molar-refractivity contribution in [2.24, 2.45) is 0 Å². The topological polar surface area (TPSA) is 86.7 Å². The summed E-state index contributed by atoms with van der Waals surface area (Å²) in [6.07, 6.45) is 0.725. The Hall–Kier alpha value is -3.79. The molecule has 1 aliphatic heterocycles. The monoisotopic (exact) mass is 589 g/mol. The minimum absolute atomic E-state index is 0.107. The number of aryl methyl sites for hydroxylation is 1. The minimum Gasteiger partial charge on any atom is -0.353 e. The van der Waals surface area contributed by atoms with Crippen molar-refractivity contribution < 1.29 is 13.2 Å². The molecule has 1 saturated heterocycles. The van der Waals surface area contributed by atoms with Gasteiger partial charge in [0.25, 0.3) is 0 Å². The van der Waals surface area contributed by atoms with Crippen LogP contribution in [0.1, 0.15) is 17.5 Å². The van der Waals surface area contributed by atoms with Crippen LogP contribution in [0.15, 0.2) is 95.9 Å². The highest BCUT2D eigenvalue weighted by molar-refractivity contribution is 7.89. The van der Waals surface area contributed by atoms with Crippen LogP contribution in [0.5, 0.6) is 0 Å². The summed E-state index contributed by atoms with van der Waals surface area (Å²) in [7, 11) is -3.90. The highest BCUT2D eigenvalue weighted by atomic mass is 35.5. The summed E-state index contributed by atoms with van der Waals surface area (Å²) in [6, 6.07) is 27.4. The number of amides is 1. The summed E-state index contributed by atoms with van der Waals surface area (Å²) in [5.74, 6) is 0.501. The molecule has 1 fully saturated rings. The zero-order valence-electron chi connectivity index (χ0n) is 22.9. The first-order valence-electron chi connectivity index (χ1n) is 13.5. The van der Waals surface area contributed by atoms with E-state index in [1.54, 1.807) is 29.2 Å². The average molecular weight is 590 g/mol. The summed E-state index contributed by atoms with van der Waals surface area (Å²) in [4.78, 5) is 17.5. The van der Waals surface area contributed by atoms with Crippen LogP contribution in [0.3, 0.4) is 0 Å². The van der Waals surface area contributed by atoms with Crippen LogP contribution in [0.2, 0.25) is 5.02 Å². The Morgan fingerprint density at radius 2 is 1.59 bits per heavy atom. The van der Waals surface area contributed by atoms with Gasteiger partial charge in [-0.15, -0.1) is 10.2 Å². The van der Waals surface area contributed by atoms with Crippen LogP contribution in [-0.4, -0.2) is 66.5 Å². The van der Waals surface area contributed by atoms with E-state index in [1.165, 1.54) is 4.31 Å². The molecular weight excluding hydrogens is 558 g/mol. The van der Waals surface area contributed by atoms with Gasteiger partial charge in [0.15, 0.2) is 5.82 Å². The van der Waals surface area contributed by atoms with Crippen molar-refractivity contribution in [3.63, 3.8) is 0 Å². The number of carbonyl (C=O) groups excluding carboxylic acids is 1. The van der Waals surface area contributed by atoms with Crippen molar-refractivity contribution in [3.05, 3.63) is 107 Å². The van der Waals surface area contributed by atoms with Gasteiger partial charge in [0.05, 0.1) is 22.2 Å². The standard InChI is InChI=1S/C31H32ClN5O3S/c1-24-12-14-26(15-13-24)41(39,40)37(22-25-8-3-2-4-9-25)23-31(38)36-19-7-18-35(20-21-36)30-17-16-29(33-34-30)27-10-5-6-11-28(27)32/h2-6,8-17H,7,18-23H2,1H3. The predicted molar refractivity (Wildman–Crippen MR) is 161 cm³/mol. The molecule has 4 aromatic rings. The second kappa shape index (κ2) is 12.8. The maximum atomic E-state index is 13.6. The number of halogens is 1. The van der Waals surface area contributed by atoms with Crippen molar-refractivity contribution in [1.29, 1.82) is 0 Å². The molecule has 1 aliphatic rings. The van der Waals surface area contributed by atoms with Gasteiger partial charge in [0, 0.05) is 38.3 Å². The molecule has 3 aromatic carbocycles. The first-order valence-corrected chi connectivity index (χ1v) is 15.4. The number of rotatable bonds is 8. The summed E-state index contributed by atoms with van der Waals surface area (Å²) >= 11 is 6.31. The molecule has 10 heteroatoms. The van der Waals surface area contributed by atoms with E-state index in [4.69, 9.17) is 11.6 Å². The van der Waals surface area contributed by atoms with Crippen LogP contribution >= 0.6 is 11.6 Å². The van der Waals surface area contributed by atoms with E-state index in [-0.39, 0.29) is 23.9 Å². The summed E-state index contributed by atoms with van der Waals surface area (Å²) in [6.45, 7) is 4.03. The van der Waals surface area contributed by atoms with Gasteiger partial charge in [-0.25, -0.2) is 8.42 Å². The molecule has 0 bridgehead atoms. The van der Waals surface area contributed by atoms with Gasteiger partial charge in [-0.1, -0.05) is 77.8 Å². The van der Waals surface area contributed by atoms with E-state index >= 15 is 0 Å². The van der Waals surface area contributed by atoms with Gasteiger partial charge in [0.2, 0.25) is 15.9 Å². The molecule has 8 nitrogen and oxygen atoms in total. The van der Waals surface area contributed by atoms with Crippen LogP contribution in [0, 0.1) is 6.92 Å². The third kappa shape index (κ3) is 6.93. The fourth-order valence-corrected chi connectivity index (χ4v) is 6.44. The Balaban J connectivity index is 1.28. The molecule has 0 saturated carbocycles. The molecule has 1 amide bonds. The fraction of sp³-hybridized carbons (Fsp3) is 0.258. The SMILES string of the molecule is Cc1ccc(S(=O)(=O)N(CC(=O)N2CCCN(c3ccc(-c4ccccc4Cl)nn3)CC2)Cc2ccccc2)cc1. The lowest BCUT2D eigenvalue weighted by atomic mass is 10.1. The lowest BCUT2D eigenvalue weighted by Crippen LogP contribution is -2.44. The van der Waals surface area contributed by atoms with Crippen molar-refractivity contribution in [3.8, 4) is 11.3 Å². The highest BCUT2D eigenvalue weighted by Crippen LogP contribution is 2.26. The fourth-order valence-electron chi connectivity index (χ4n) is 4.83. The molecule has 0 unspecified atom stereocenters. The number of nitrogens with zero attached hydrogens (tertiary/aromatic N) is 5. The Labute approximate surface area is 246 Å². The van der Waals surface area contributed by atoms with Crippen molar-refractivity contribution in [2.75, 3.05) is 37.6 Å². The van der Waals surface area contributed by atoms with Crippen molar-refractivity contribution in [1.82, 2.24) is 19.4 Å². The predicted octanol–water partition coefficient (Wildman–Crippen LogP) is 5.04. The third-order valence-corrected chi connectivity index (χ3v) is 9.28. The molecule has 0 N–H and O–H groups in total. The molecule has 0 radical (unpaired) electrons. The van der Waals surface area contributed by atoms with E-state index in [1.807, 2.05) is 73.7 Å².